The molecule has 2 saturated carbocycles. The smallest absolute Gasteiger partial charge is 0.337 e. The van der Waals surface area contributed by atoms with Crippen LogP contribution >= 0.6 is 0 Å². The standard InChI is InChI=1S/C35H42N2O5/c1-3-4-16-42-25-11-13-26-28(20-25)29-21-35(29,34(39)36-14-17-41-18-15-36)22-37-30-19-24(33(38)40-2)10-12-27(30)31(32(26)37)23-8-6-5-7-9-23/h10-13,19-20,23,29H,3-9,14-18,21-22H2,1-2H3. The van der Waals surface area contributed by atoms with Gasteiger partial charge in [0, 0.05) is 42.0 Å². The van der Waals surface area contributed by atoms with Crippen LogP contribution in [-0.2, 0) is 20.8 Å². The molecule has 0 spiro atoms. The molecule has 0 radical (unpaired) electrons. The number of fused-ring (bicyclic) bond motifs is 7. The number of ether oxygens (including phenoxy) is 3. The van der Waals surface area contributed by atoms with Crippen molar-refractivity contribution in [3.8, 4) is 17.0 Å². The number of unbranched alkanes of at least 4 members (excludes halogenated alkanes) is 1. The van der Waals surface area contributed by atoms with Crippen molar-refractivity contribution in [1.29, 1.82) is 0 Å². The van der Waals surface area contributed by atoms with Gasteiger partial charge in [-0.05, 0) is 73.1 Å². The van der Waals surface area contributed by atoms with Crippen LogP contribution in [0.25, 0.3) is 22.2 Å². The van der Waals surface area contributed by atoms with E-state index in [2.05, 4.69) is 35.8 Å². The second-order valence-corrected chi connectivity index (χ2v) is 12.7. The third kappa shape index (κ3) is 4.52. The molecule has 0 N–H and O–H groups in total. The fraction of sp³-hybridized carbons (Fsp3) is 0.543. The molecule has 1 saturated heterocycles. The Hall–Kier alpha value is -3.32. The second-order valence-electron chi connectivity index (χ2n) is 12.7. The highest BCUT2D eigenvalue weighted by atomic mass is 16.5. The predicted molar refractivity (Wildman–Crippen MR) is 162 cm³/mol. The summed E-state index contributed by atoms with van der Waals surface area (Å²) in [5.41, 5.74) is 6.13. The van der Waals surface area contributed by atoms with Crippen LogP contribution in [0.15, 0.2) is 36.4 Å². The maximum atomic E-state index is 14.4. The van der Waals surface area contributed by atoms with Gasteiger partial charge in [-0.1, -0.05) is 38.7 Å². The highest BCUT2D eigenvalue weighted by Crippen LogP contribution is 2.66. The predicted octanol–water partition coefficient (Wildman–Crippen LogP) is 6.67. The van der Waals surface area contributed by atoms with E-state index in [1.165, 1.54) is 67.0 Å². The lowest BCUT2D eigenvalue weighted by Crippen LogP contribution is -2.45. The summed E-state index contributed by atoms with van der Waals surface area (Å²) in [5.74, 6) is 1.37. The summed E-state index contributed by atoms with van der Waals surface area (Å²) in [5, 5.41) is 1.20. The molecule has 4 aliphatic rings. The summed E-state index contributed by atoms with van der Waals surface area (Å²) >= 11 is 0. The first kappa shape index (κ1) is 27.5. The van der Waals surface area contributed by atoms with Crippen LogP contribution in [-0.4, -0.2) is 61.4 Å². The maximum absolute atomic E-state index is 14.4. The van der Waals surface area contributed by atoms with Crippen molar-refractivity contribution in [2.24, 2.45) is 5.41 Å². The normalized spacial score (nSPS) is 23.5. The Labute approximate surface area is 248 Å². The molecule has 7 rings (SSSR count). The number of carbonyl (C=O) groups excluding carboxylic acids is 2. The molecule has 222 valence electrons. The first-order chi connectivity index (χ1) is 20.6. The van der Waals surface area contributed by atoms with Gasteiger partial charge in [0.2, 0.25) is 5.91 Å². The van der Waals surface area contributed by atoms with Gasteiger partial charge in [-0.2, -0.15) is 0 Å². The molecule has 2 atom stereocenters. The SMILES string of the molecule is CCCCOc1ccc2c(c1)C1CC1(C(=O)N1CCOCC1)Cn1c-2c(C2CCCCC2)c2ccc(C(=O)OC)cc21. The summed E-state index contributed by atoms with van der Waals surface area (Å²) in [6.07, 6.45) is 9.01. The minimum atomic E-state index is -0.517. The van der Waals surface area contributed by atoms with Crippen LogP contribution in [0.4, 0.5) is 0 Å². The highest BCUT2D eigenvalue weighted by Gasteiger charge is 2.64. The Morgan fingerprint density at radius 3 is 2.62 bits per heavy atom. The molecule has 2 aliphatic heterocycles. The van der Waals surface area contributed by atoms with E-state index in [0.29, 0.717) is 50.9 Å². The van der Waals surface area contributed by atoms with Crippen molar-refractivity contribution >= 4 is 22.8 Å². The molecule has 7 nitrogen and oxygen atoms in total. The number of rotatable bonds is 7. The van der Waals surface area contributed by atoms with E-state index < -0.39 is 5.41 Å². The molecule has 0 bridgehead atoms. The van der Waals surface area contributed by atoms with Gasteiger partial charge >= 0.3 is 5.97 Å². The van der Waals surface area contributed by atoms with E-state index in [1.807, 2.05) is 17.0 Å². The number of amides is 1. The molecule has 3 fully saturated rings. The molecule has 2 aromatic carbocycles. The Morgan fingerprint density at radius 1 is 1.05 bits per heavy atom. The molecule has 2 unspecified atom stereocenters. The monoisotopic (exact) mass is 570 g/mol. The molecule has 3 aromatic rings. The molecular weight excluding hydrogens is 528 g/mol. The Morgan fingerprint density at radius 2 is 1.86 bits per heavy atom. The number of carbonyl (C=O) groups is 2. The summed E-state index contributed by atoms with van der Waals surface area (Å²) in [6.45, 7) is 5.93. The van der Waals surface area contributed by atoms with Crippen molar-refractivity contribution in [2.45, 2.75) is 76.7 Å². The van der Waals surface area contributed by atoms with Gasteiger partial charge in [-0.15, -0.1) is 0 Å². The van der Waals surface area contributed by atoms with Gasteiger partial charge in [0.15, 0.2) is 0 Å². The summed E-state index contributed by atoms with van der Waals surface area (Å²) in [7, 11) is 1.43. The van der Waals surface area contributed by atoms with Crippen LogP contribution in [0.1, 0.15) is 91.6 Å². The number of nitrogens with zero attached hydrogens (tertiary/aromatic N) is 2. The number of hydrogen-bond acceptors (Lipinski definition) is 5. The van der Waals surface area contributed by atoms with E-state index in [-0.39, 0.29) is 17.8 Å². The van der Waals surface area contributed by atoms with Gasteiger partial charge in [-0.25, -0.2) is 4.79 Å². The van der Waals surface area contributed by atoms with Crippen LogP contribution in [0.3, 0.4) is 0 Å². The van der Waals surface area contributed by atoms with Crippen molar-refractivity contribution in [3.63, 3.8) is 0 Å². The first-order valence-corrected chi connectivity index (χ1v) is 15.9. The van der Waals surface area contributed by atoms with Gasteiger partial charge in [0.05, 0.1) is 43.6 Å². The highest BCUT2D eigenvalue weighted by molar-refractivity contribution is 6.00. The molecule has 1 amide bonds. The molecule has 3 heterocycles. The lowest BCUT2D eigenvalue weighted by molar-refractivity contribution is -0.141. The molecule has 1 aromatic heterocycles. The third-order valence-electron chi connectivity index (χ3n) is 10.2. The Kier molecular flexibility index (Phi) is 7.25. The van der Waals surface area contributed by atoms with Crippen molar-refractivity contribution in [3.05, 3.63) is 53.1 Å². The lowest BCUT2D eigenvalue weighted by atomic mass is 9.81. The van der Waals surface area contributed by atoms with Crippen molar-refractivity contribution in [1.82, 2.24) is 9.47 Å². The minimum absolute atomic E-state index is 0.135. The van der Waals surface area contributed by atoms with Gasteiger partial charge in [-0.3, -0.25) is 4.79 Å². The van der Waals surface area contributed by atoms with Crippen LogP contribution in [0.2, 0.25) is 0 Å². The van der Waals surface area contributed by atoms with E-state index in [0.717, 1.165) is 30.5 Å². The van der Waals surface area contributed by atoms with E-state index in [4.69, 9.17) is 14.2 Å². The van der Waals surface area contributed by atoms with Crippen LogP contribution in [0, 0.1) is 5.41 Å². The van der Waals surface area contributed by atoms with Crippen molar-refractivity contribution in [2.75, 3.05) is 40.0 Å². The Bertz CT molecular complexity index is 1510. The Balaban J connectivity index is 1.44. The van der Waals surface area contributed by atoms with Crippen LogP contribution < -0.4 is 4.74 Å². The zero-order valence-electron chi connectivity index (χ0n) is 25.0. The quantitative estimate of drug-likeness (QED) is 0.235. The third-order valence-corrected chi connectivity index (χ3v) is 10.2. The first-order valence-electron chi connectivity index (χ1n) is 15.9. The van der Waals surface area contributed by atoms with Gasteiger partial charge in [0.1, 0.15) is 5.75 Å². The number of benzene rings is 2. The molecular formula is C35H42N2O5. The molecule has 2 aliphatic carbocycles. The van der Waals surface area contributed by atoms with Crippen molar-refractivity contribution < 1.29 is 23.8 Å². The largest absolute Gasteiger partial charge is 0.494 e. The number of hydrogen-bond donors (Lipinski definition) is 0. The maximum Gasteiger partial charge on any atom is 0.337 e. The minimum Gasteiger partial charge on any atom is -0.494 e. The zero-order valence-corrected chi connectivity index (χ0v) is 25.0. The lowest BCUT2D eigenvalue weighted by Gasteiger charge is -2.31. The van der Waals surface area contributed by atoms with Gasteiger partial charge in [0.25, 0.3) is 0 Å². The van der Waals surface area contributed by atoms with E-state index in [1.54, 1.807) is 0 Å². The zero-order chi connectivity index (χ0) is 28.8. The second kappa shape index (κ2) is 11.1. The fourth-order valence-corrected chi connectivity index (χ4v) is 7.90. The number of esters is 1. The summed E-state index contributed by atoms with van der Waals surface area (Å²) in [4.78, 5) is 29.1. The van der Waals surface area contributed by atoms with E-state index in [9.17, 15) is 9.59 Å². The molecule has 7 heteroatoms. The number of morpholine rings is 1. The average molecular weight is 571 g/mol. The van der Waals surface area contributed by atoms with E-state index >= 15 is 0 Å². The molecule has 42 heavy (non-hydrogen) atoms. The fourth-order valence-electron chi connectivity index (χ4n) is 7.90. The average Bonchev–Trinajstić information content (AvgIpc) is 3.71. The summed E-state index contributed by atoms with van der Waals surface area (Å²) < 4.78 is 19.3. The van der Waals surface area contributed by atoms with Crippen LogP contribution in [0.5, 0.6) is 5.75 Å². The number of methoxy groups -OCH3 is 1. The summed E-state index contributed by atoms with van der Waals surface area (Å²) in [6, 6.07) is 12.6. The van der Waals surface area contributed by atoms with Gasteiger partial charge < -0.3 is 23.7 Å². The topological polar surface area (TPSA) is 70.0 Å². The number of aromatic nitrogens is 1.